The van der Waals surface area contributed by atoms with Crippen LogP contribution < -0.4 is 4.57 Å². The molecule has 8 nitrogen and oxygen atoms in total. The summed E-state index contributed by atoms with van der Waals surface area (Å²) in [6.07, 6.45) is 5.84. The molecule has 0 aliphatic heterocycles. The fraction of sp³-hybridized carbons (Fsp3) is 0.333. The van der Waals surface area contributed by atoms with Gasteiger partial charge in [0.1, 0.15) is 12.4 Å². The third kappa shape index (κ3) is 5.65. The number of aromatic nitrogens is 3. The van der Waals surface area contributed by atoms with Crippen LogP contribution in [-0.2, 0) is 34.1 Å². The van der Waals surface area contributed by atoms with Gasteiger partial charge in [-0.2, -0.15) is 26.3 Å². The van der Waals surface area contributed by atoms with E-state index in [-0.39, 0.29) is 0 Å². The summed E-state index contributed by atoms with van der Waals surface area (Å²) in [6.45, 7) is 0. The summed E-state index contributed by atoms with van der Waals surface area (Å²) in [6, 6.07) is 5.93. The average Bonchev–Trinajstić information content (AvgIpc) is 2.84. The van der Waals surface area contributed by atoms with Crippen LogP contribution in [0.25, 0.3) is 15.6 Å². The Bertz CT molecular complexity index is 953. The molecule has 0 fully saturated rings. The van der Waals surface area contributed by atoms with E-state index in [4.69, 9.17) is 0 Å². The van der Waals surface area contributed by atoms with E-state index in [1.807, 2.05) is 50.9 Å². The zero-order valence-electron chi connectivity index (χ0n) is 14.0. The summed E-state index contributed by atoms with van der Waals surface area (Å²) in [5.74, 6) is 1.11. The Labute approximate surface area is 155 Å². The Morgan fingerprint density at radius 2 is 1.50 bits per heavy atom. The standard InChI is InChI=1S/C10H12N3.C2F6NO4S2/c1-12-7-8-13(2)10(12)9-5-3-4-6-11-9;3-1(4,5)14(10,11)9-15(12,13)2(6,7)8/h3-8H,1-2H3;/q+1;-1. The minimum absolute atomic E-state index is 0.778. The van der Waals surface area contributed by atoms with E-state index in [1.54, 1.807) is 0 Å². The van der Waals surface area contributed by atoms with Crippen molar-refractivity contribution in [3.63, 3.8) is 0 Å². The molecule has 0 atom stereocenters. The van der Waals surface area contributed by atoms with Crippen LogP contribution in [0.15, 0.2) is 36.8 Å². The number of halogens is 6. The fourth-order valence-electron chi connectivity index (χ4n) is 1.66. The van der Waals surface area contributed by atoms with Crippen LogP contribution in [0.3, 0.4) is 0 Å². The number of nitrogens with zero attached hydrogens (tertiary/aromatic N) is 4. The lowest BCUT2D eigenvalue weighted by atomic mass is 10.3. The number of imidazole rings is 1. The Morgan fingerprint density at radius 3 is 1.82 bits per heavy atom. The van der Waals surface area contributed by atoms with Crippen molar-refractivity contribution in [3.8, 4) is 11.5 Å². The molecule has 0 saturated carbocycles. The number of hydrogen-bond donors (Lipinski definition) is 0. The van der Waals surface area contributed by atoms with Crippen LogP contribution in [0.2, 0.25) is 0 Å². The van der Waals surface area contributed by atoms with Gasteiger partial charge in [-0.15, -0.1) is 0 Å². The van der Waals surface area contributed by atoms with Gasteiger partial charge in [0.25, 0.3) is 0 Å². The highest BCUT2D eigenvalue weighted by Gasteiger charge is 2.46. The first-order valence-corrected chi connectivity index (χ1v) is 9.67. The molecule has 2 aromatic heterocycles. The van der Waals surface area contributed by atoms with Crippen molar-refractivity contribution in [2.24, 2.45) is 14.1 Å². The van der Waals surface area contributed by atoms with E-state index < -0.39 is 31.1 Å². The van der Waals surface area contributed by atoms with Crippen molar-refractivity contribution in [3.05, 3.63) is 40.9 Å². The highest BCUT2D eigenvalue weighted by Crippen LogP contribution is 2.36. The van der Waals surface area contributed by atoms with Crippen molar-refractivity contribution in [2.75, 3.05) is 0 Å². The lowest BCUT2D eigenvalue weighted by Gasteiger charge is -2.22. The molecule has 0 radical (unpaired) electrons. The van der Waals surface area contributed by atoms with Gasteiger partial charge in [-0.3, -0.25) is 0 Å². The lowest BCUT2D eigenvalue weighted by molar-refractivity contribution is -0.659. The number of sulfonamides is 2. The maximum atomic E-state index is 11.4. The third-order valence-corrected chi connectivity index (χ3v) is 5.60. The van der Waals surface area contributed by atoms with E-state index in [1.165, 1.54) is 0 Å². The van der Waals surface area contributed by atoms with Gasteiger partial charge < -0.3 is 4.13 Å². The molecule has 0 aromatic carbocycles. The van der Waals surface area contributed by atoms with Gasteiger partial charge in [0.2, 0.25) is 0 Å². The van der Waals surface area contributed by atoms with Crippen LogP contribution in [-0.4, -0.2) is 37.4 Å². The first kappa shape index (κ1) is 23.8. The van der Waals surface area contributed by atoms with Gasteiger partial charge in [-0.05, 0) is 12.1 Å². The number of rotatable bonds is 3. The Kier molecular flexibility index (Phi) is 6.85. The summed E-state index contributed by atoms with van der Waals surface area (Å²) in [5.41, 5.74) is -11.4. The van der Waals surface area contributed by atoms with Gasteiger partial charge in [-0.25, -0.2) is 31.0 Å². The molecule has 2 heterocycles. The van der Waals surface area contributed by atoms with Crippen molar-refractivity contribution in [1.29, 1.82) is 0 Å². The summed E-state index contributed by atoms with van der Waals surface area (Å²) in [7, 11) is -9.41. The van der Waals surface area contributed by atoms with Gasteiger partial charge in [0, 0.05) is 6.20 Å². The highest BCUT2D eigenvalue weighted by molar-refractivity contribution is 8.13. The highest BCUT2D eigenvalue weighted by atomic mass is 32.3. The number of alkyl halides is 6. The second-order valence-corrected chi connectivity index (χ2v) is 8.40. The molecule has 16 heteroatoms. The quantitative estimate of drug-likeness (QED) is 0.521. The third-order valence-electron chi connectivity index (χ3n) is 2.86. The molecular formula is C12H12F6N4O4S2. The first-order valence-electron chi connectivity index (χ1n) is 6.79. The van der Waals surface area contributed by atoms with Crippen molar-refractivity contribution >= 4 is 20.0 Å². The zero-order chi connectivity index (χ0) is 22.0. The lowest BCUT2D eigenvalue weighted by Crippen LogP contribution is -2.30. The van der Waals surface area contributed by atoms with E-state index in [0.717, 1.165) is 15.6 Å². The second-order valence-electron chi connectivity index (χ2n) is 4.97. The second kappa shape index (κ2) is 8.04. The predicted octanol–water partition coefficient (Wildman–Crippen LogP) is 1.97. The molecule has 0 aliphatic carbocycles. The van der Waals surface area contributed by atoms with Crippen molar-refractivity contribution < 1.29 is 47.7 Å². The fourth-order valence-corrected chi connectivity index (χ4v) is 3.37. The van der Waals surface area contributed by atoms with Crippen LogP contribution in [0.5, 0.6) is 0 Å². The Hall–Kier alpha value is -2.20. The normalized spacial score (nSPS) is 13.0. The van der Waals surface area contributed by atoms with E-state index in [9.17, 15) is 43.2 Å². The van der Waals surface area contributed by atoms with Crippen molar-refractivity contribution in [1.82, 2.24) is 9.55 Å². The average molecular weight is 454 g/mol. The summed E-state index contributed by atoms with van der Waals surface area (Å²) >= 11 is 0. The molecule has 0 spiro atoms. The van der Waals surface area contributed by atoms with E-state index in [0.29, 0.717) is 0 Å². The maximum absolute atomic E-state index is 11.4. The number of aryl methyl sites for hydroxylation is 2. The van der Waals surface area contributed by atoms with Crippen LogP contribution in [0, 0.1) is 0 Å². The minimum atomic E-state index is -6.72. The maximum Gasteiger partial charge on any atom is 0.480 e. The predicted molar refractivity (Wildman–Crippen MR) is 83.1 cm³/mol. The SMILES string of the molecule is Cn1cc[n+](C)c1-c1ccccn1.O=S(=O)([N-]S(=O)(=O)C(F)(F)F)C(F)(F)F. The van der Waals surface area contributed by atoms with Crippen LogP contribution in [0.1, 0.15) is 0 Å². The molecule has 0 amide bonds. The number of hydrogen-bond acceptors (Lipinski definition) is 5. The molecule has 0 unspecified atom stereocenters. The zero-order valence-corrected chi connectivity index (χ0v) is 15.6. The number of pyridine rings is 1. The van der Waals surface area contributed by atoms with Gasteiger partial charge >= 0.3 is 16.8 Å². The summed E-state index contributed by atoms with van der Waals surface area (Å²) in [5, 5.41) is 0. The van der Waals surface area contributed by atoms with Crippen LogP contribution >= 0.6 is 0 Å². The minimum Gasteiger partial charge on any atom is -0.421 e. The van der Waals surface area contributed by atoms with Gasteiger partial charge in [0.05, 0.1) is 14.1 Å². The van der Waals surface area contributed by atoms with Crippen LogP contribution in [0.4, 0.5) is 26.3 Å². The van der Waals surface area contributed by atoms with Gasteiger partial charge in [-0.1, -0.05) is 6.07 Å². The largest absolute Gasteiger partial charge is 0.480 e. The topological polar surface area (TPSA) is 104 Å². The molecule has 0 N–H and O–H groups in total. The van der Waals surface area contributed by atoms with Crippen molar-refractivity contribution in [2.45, 2.75) is 11.0 Å². The van der Waals surface area contributed by atoms with Gasteiger partial charge in [0.15, 0.2) is 25.7 Å². The molecule has 2 rings (SSSR count). The molecule has 2 aromatic rings. The smallest absolute Gasteiger partial charge is 0.421 e. The molecule has 158 valence electrons. The molecule has 0 bridgehead atoms. The molecule has 28 heavy (non-hydrogen) atoms. The van der Waals surface area contributed by atoms with E-state index >= 15 is 0 Å². The summed E-state index contributed by atoms with van der Waals surface area (Å²) < 4.78 is 113. The summed E-state index contributed by atoms with van der Waals surface area (Å²) in [4.78, 5) is 4.30. The Balaban J connectivity index is 0.000000281. The van der Waals surface area contributed by atoms with E-state index in [2.05, 4.69) is 14.1 Å². The Morgan fingerprint density at radius 1 is 1.00 bits per heavy atom. The molecular weight excluding hydrogens is 442 g/mol. The molecule has 0 saturated heterocycles. The first-order chi connectivity index (χ1) is 12.5. The monoisotopic (exact) mass is 454 g/mol. The molecule has 0 aliphatic rings.